The maximum atomic E-state index is 12.0. The lowest BCUT2D eigenvalue weighted by molar-refractivity contribution is 0.250. The third kappa shape index (κ3) is 3.90. The maximum absolute atomic E-state index is 12.0. The molecule has 0 unspecified atom stereocenters. The molecule has 0 saturated carbocycles. The number of benzene rings is 1. The molecule has 0 saturated heterocycles. The van der Waals surface area contributed by atoms with Crippen LogP contribution in [0.2, 0.25) is 0 Å². The van der Waals surface area contributed by atoms with Crippen LogP contribution in [0.25, 0.3) is 11.1 Å². The first-order valence-corrected chi connectivity index (χ1v) is 7.80. The van der Waals surface area contributed by atoms with Crippen molar-refractivity contribution >= 4 is 22.8 Å². The number of hydrogen-bond donors (Lipinski definition) is 2. The Hall–Kier alpha value is -3.03. The fraction of sp³-hybridized carbons (Fsp3) is 0.353. The number of fused-ring (bicyclic) bond motifs is 1. The molecule has 3 rings (SSSR count). The zero-order valence-corrected chi connectivity index (χ0v) is 14.5. The predicted molar refractivity (Wildman–Crippen MR) is 91.6 cm³/mol. The van der Waals surface area contributed by atoms with E-state index in [1.807, 2.05) is 20.8 Å². The van der Waals surface area contributed by atoms with Crippen molar-refractivity contribution in [3.8, 4) is 5.88 Å². The second kappa shape index (κ2) is 6.46. The third-order valence-electron chi connectivity index (χ3n) is 3.46. The van der Waals surface area contributed by atoms with Gasteiger partial charge >= 0.3 is 6.03 Å². The van der Waals surface area contributed by atoms with Gasteiger partial charge in [-0.1, -0.05) is 20.8 Å². The van der Waals surface area contributed by atoms with Gasteiger partial charge in [0.2, 0.25) is 5.89 Å². The van der Waals surface area contributed by atoms with E-state index >= 15 is 0 Å². The van der Waals surface area contributed by atoms with Crippen molar-refractivity contribution in [2.45, 2.75) is 32.7 Å². The van der Waals surface area contributed by atoms with Crippen LogP contribution in [0.5, 0.6) is 5.88 Å². The molecule has 8 heteroatoms. The summed E-state index contributed by atoms with van der Waals surface area (Å²) in [7, 11) is 1.49. The topological polar surface area (TPSA) is 102 Å². The van der Waals surface area contributed by atoms with E-state index in [1.54, 1.807) is 24.3 Å². The van der Waals surface area contributed by atoms with Crippen molar-refractivity contribution in [3.63, 3.8) is 0 Å². The van der Waals surface area contributed by atoms with E-state index < -0.39 is 0 Å². The number of methoxy groups -OCH3 is 1. The minimum Gasteiger partial charge on any atom is -0.479 e. The van der Waals surface area contributed by atoms with Crippen molar-refractivity contribution in [1.82, 2.24) is 15.5 Å². The minimum atomic E-state index is -0.366. The molecule has 0 atom stereocenters. The monoisotopic (exact) mass is 344 g/mol. The van der Waals surface area contributed by atoms with E-state index in [0.29, 0.717) is 34.3 Å². The highest BCUT2D eigenvalue weighted by Gasteiger charge is 2.21. The van der Waals surface area contributed by atoms with Crippen LogP contribution in [-0.4, -0.2) is 23.3 Å². The lowest BCUT2D eigenvalue weighted by Crippen LogP contribution is -2.27. The lowest BCUT2D eigenvalue weighted by atomic mass is 9.97. The van der Waals surface area contributed by atoms with Gasteiger partial charge in [0.25, 0.3) is 5.88 Å². The second-order valence-electron chi connectivity index (χ2n) is 6.59. The molecule has 2 N–H and O–H groups in total. The van der Waals surface area contributed by atoms with Crippen LogP contribution in [0.15, 0.2) is 33.2 Å². The summed E-state index contributed by atoms with van der Waals surface area (Å²) in [6.07, 6.45) is 0. The Balaban J connectivity index is 1.64. The number of hydrogen-bond acceptors (Lipinski definition) is 6. The molecule has 0 aliphatic carbocycles. The molecule has 2 aromatic heterocycles. The van der Waals surface area contributed by atoms with Crippen LogP contribution in [0.1, 0.15) is 32.4 Å². The van der Waals surface area contributed by atoms with Gasteiger partial charge in [-0.25, -0.2) is 9.78 Å². The Bertz CT molecular complexity index is 892. The highest BCUT2D eigenvalue weighted by atomic mass is 16.5. The van der Waals surface area contributed by atoms with Gasteiger partial charge in [-0.15, -0.1) is 0 Å². The fourth-order valence-corrected chi connectivity index (χ4v) is 2.14. The molecule has 0 radical (unpaired) electrons. The number of carbonyl (C=O) groups excluding carboxylic acids is 1. The number of rotatable bonds is 4. The molecule has 2 amide bonds. The molecular formula is C17H20N4O4. The number of carbonyl (C=O) groups is 1. The molecule has 3 aromatic rings. The van der Waals surface area contributed by atoms with Crippen LogP contribution in [-0.2, 0) is 12.0 Å². The molecule has 0 spiro atoms. The summed E-state index contributed by atoms with van der Waals surface area (Å²) in [5, 5.41) is 9.09. The highest BCUT2D eigenvalue weighted by Crippen LogP contribution is 2.27. The molecule has 8 nitrogen and oxygen atoms in total. The van der Waals surface area contributed by atoms with E-state index in [4.69, 9.17) is 13.7 Å². The molecular weight excluding hydrogens is 324 g/mol. The van der Waals surface area contributed by atoms with Crippen LogP contribution in [0.4, 0.5) is 10.5 Å². The van der Waals surface area contributed by atoms with Crippen molar-refractivity contribution in [2.24, 2.45) is 0 Å². The van der Waals surface area contributed by atoms with E-state index in [2.05, 4.69) is 20.8 Å². The quantitative estimate of drug-likeness (QED) is 0.751. The summed E-state index contributed by atoms with van der Waals surface area (Å²) in [4.78, 5) is 16.5. The number of amides is 2. The molecule has 25 heavy (non-hydrogen) atoms. The molecule has 0 fully saturated rings. The Kier molecular flexibility index (Phi) is 4.35. The smallest absolute Gasteiger partial charge is 0.319 e. The number of ether oxygens (including phenoxy) is 1. The number of oxazole rings is 1. The second-order valence-corrected chi connectivity index (χ2v) is 6.59. The Morgan fingerprint density at radius 3 is 2.76 bits per heavy atom. The third-order valence-corrected chi connectivity index (χ3v) is 3.46. The Morgan fingerprint density at radius 2 is 2.08 bits per heavy atom. The number of nitrogens with zero attached hydrogens (tertiary/aromatic N) is 2. The average molecular weight is 344 g/mol. The number of aromatic nitrogens is 2. The highest BCUT2D eigenvalue weighted by molar-refractivity contribution is 5.91. The van der Waals surface area contributed by atoms with E-state index in [0.717, 1.165) is 0 Å². The average Bonchev–Trinajstić information content (AvgIpc) is 3.18. The van der Waals surface area contributed by atoms with Crippen LogP contribution >= 0.6 is 0 Å². The first-order chi connectivity index (χ1) is 11.8. The van der Waals surface area contributed by atoms with E-state index in [9.17, 15) is 4.79 Å². The van der Waals surface area contributed by atoms with Crippen LogP contribution < -0.4 is 15.4 Å². The minimum absolute atomic E-state index is 0.178. The Morgan fingerprint density at radius 1 is 1.28 bits per heavy atom. The van der Waals surface area contributed by atoms with Gasteiger partial charge in [0.15, 0.2) is 11.3 Å². The SMILES string of the molecule is COc1cc(CNC(=O)Nc2ccc3oc(C(C)(C)C)nc3c2)on1. The van der Waals surface area contributed by atoms with Gasteiger partial charge < -0.3 is 24.3 Å². The van der Waals surface area contributed by atoms with Gasteiger partial charge in [-0.2, -0.15) is 0 Å². The standard InChI is InChI=1S/C17H20N4O4/c1-17(2,3)15-20-12-7-10(5-6-13(12)24-15)19-16(22)18-9-11-8-14(23-4)21-25-11/h5-8H,9H2,1-4H3,(H2,18,19,22). The zero-order chi connectivity index (χ0) is 18.0. The summed E-state index contributed by atoms with van der Waals surface area (Å²) in [5.41, 5.74) is 1.82. The number of urea groups is 1. The first kappa shape index (κ1) is 16.8. The zero-order valence-electron chi connectivity index (χ0n) is 14.5. The normalized spacial score (nSPS) is 11.5. The molecule has 2 heterocycles. The summed E-state index contributed by atoms with van der Waals surface area (Å²) in [6, 6.07) is 6.56. The van der Waals surface area contributed by atoms with Crippen LogP contribution in [0, 0.1) is 0 Å². The first-order valence-electron chi connectivity index (χ1n) is 7.80. The van der Waals surface area contributed by atoms with Gasteiger partial charge in [0.1, 0.15) is 5.52 Å². The number of anilines is 1. The summed E-state index contributed by atoms with van der Waals surface area (Å²) < 4.78 is 15.7. The molecule has 1 aromatic carbocycles. The van der Waals surface area contributed by atoms with Crippen molar-refractivity contribution in [1.29, 1.82) is 0 Å². The fourth-order valence-electron chi connectivity index (χ4n) is 2.14. The Labute approximate surface area is 144 Å². The summed E-state index contributed by atoms with van der Waals surface area (Å²) >= 11 is 0. The van der Waals surface area contributed by atoms with Crippen molar-refractivity contribution in [3.05, 3.63) is 35.9 Å². The molecule has 132 valence electrons. The molecule has 0 aliphatic heterocycles. The lowest BCUT2D eigenvalue weighted by Gasteiger charge is -2.11. The maximum Gasteiger partial charge on any atom is 0.319 e. The molecule has 0 aliphatic rings. The predicted octanol–water partition coefficient (Wildman–Crippen LogP) is 3.44. The van der Waals surface area contributed by atoms with Gasteiger partial charge in [0, 0.05) is 17.2 Å². The largest absolute Gasteiger partial charge is 0.479 e. The van der Waals surface area contributed by atoms with Crippen molar-refractivity contribution in [2.75, 3.05) is 12.4 Å². The van der Waals surface area contributed by atoms with Gasteiger partial charge in [-0.3, -0.25) is 0 Å². The van der Waals surface area contributed by atoms with E-state index in [1.165, 1.54) is 7.11 Å². The summed E-state index contributed by atoms with van der Waals surface area (Å²) in [6.45, 7) is 6.29. The number of nitrogens with one attached hydrogen (secondary N) is 2. The van der Waals surface area contributed by atoms with Gasteiger partial charge in [0.05, 0.1) is 13.7 Å². The summed E-state index contributed by atoms with van der Waals surface area (Å²) in [5.74, 6) is 1.51. The van der Waals surface area contributed by atoms with E-state index in [-0.39, 0.29) is 18.0 Å². The van der Waals surface area contributed by atoms with Crippen LogP contribution in [0.3, 0.4) is 0 Å². The van der Waals surface area contributed by atoms with Gasteiger partial charge in [-0.05, 0) is 23.4 Å². The van der Waals surface area contributed by atoms with Crippen molar-refractivity contribution < 1.29 is 18.5 Å². The molecule has 0 bridgehead atoms.